The van der Waals surface area contributed by atoms with E-state index in [0.29, 0.717) is 6.04 Å². The van der Waals surface area contributed by atoms with Gasteiger partial charge in [0.05, 0.1) is 0 Å². The second-order valence-corrected chi connectivity index (χ2v) is 4.55. The average molecular weight is 195 g/mol. The van der Waals surface area contributed by atoms with E-state index in [1.165, 1.54) is 0 Å². The topological polar surface area (TPSA) is 50.9 Å². The van der Waals surface area contributed by atoms with Crippen LogP contribution in [0, 0.1) is 5.41 Å². The Morgan fingerprint density at radius 3 is 2.79 bits per heavy atom. The van der Waals surface area contributed by atoms with Gasteiger partial charge in [0, 0.05) is 24.5 Å². The first-order chi connectivity index (χ1) is 6.67. The summed E-state index contributed by atoms with van der Waals surface area (Å²) < 4.78 is 1.94. The maximum Gasteiger partial charge on any atom is 0.138 e. The Hall–Kier alpha value is -0.900. The molecule has 1 fully saturated rings. The zero-order valence-electron chi connectivity index (χ0n) is 8.77. The molecule has 1 heterocycles. The summed E-state index contributed by atoms with van der Waals surface area (Å²) in [6, 6.07) is 0.349. The molecule has 2 rings (SSSR count). The van der Waals surface area contributed by atoms with Gasteiger partial charge in [-0.15, -0.1) is 0 Å². The van der Waals surface area contributed by atoms with E-state index in [9.17, 15) is 5.11 Å². The summed E-state index contributed by atoms with van der Waals surface area (Å²) >= 11 is 0. The van der Waals surface area contributed by atoms with Crippen LogP contribution in [0.25, 0.3) is 0 Å². The van der Waals surface area contributed by atoms with Gasteiger partial charge in [0.25, 0.3) is 0 Å². The molecule has 1 saturated carbocycles. The van der Waals surface area contributed by atoms with E-state index >= 15 is 0 Å². The molecule has 4 heteroatoms. The Morgan fingerprint density at radius 1 is 1.57 bits per heavy atom. The third-order valence-electron chi connectivity index (χ3n) is 2.96. The van der Waals surface area contributed by atoms with Crippen molar-refractivity contribution in [3.05, 3.63) is 12.2 Å². The fourth-order valence-corrected chi connectivity index (χ4v) is 1.73. The predicted molar refractivity (Wildman–Crippen MR) is 52.9 cm³/mol. The Morgan fingerprint density at radius 2 is 2.29 bits per heavy atom. The zero-order chi connectivity index (χ0) is 10.2. The second-order valence-electron chi connectivity index (χ2n) is 4.55. The number of aliphatic hydroxyl groups excluding tert-OH is 1. The van der Waals surface area contributed by atoms with Crippen LogP contribution in [-0.4, -0.2) is 26.5 Å². The van der Waals surface area contributed by atoms with Crippen molar-refractivity contribution in [2.24, 2.45) is 5.41 Å². The van der Waals surface area contributed by atoms with Gasteiger partial charge < -0.3 is 5.11 Å². The number of hydrogen-bond acceptors (Lipinski definition) is 3. The van der Waals surface area contributed by atoms with E-state index in [0.717, 1.165) is 25.1 Å². The average Bonchev–Trinajstić information content (AvgIpc) is 2.76. The lowest BCUT2D eigenvalue weighted by atomic mass is 10.0. The highest BCUT2D eigenvalue weighted by molar-refractivity contribution is 5.02. The van der Waals surface area contributed by atoms with Crippen LogP contribution in [0.5, 0.6) is 0 Å². The molecular weight excluding hydrogens is 178 g/mol. The van der Waals surface area contributed by atoms with E-state index in [4.69, 9.17) is 0 Å². The third kappa shape index (κ3) is 1.66. The second kappa shape index (κ2) is 3.35. The molecule has 0 unspecified atom stereocenters. The molecule has 0 aromatic carbocycles. The number of rotatable bonds is 4. The number of aromatic nitrogens is 3. The van der Waals surface area contributed by atoms with Crippen molar-refractivity contribution in [1.29, 1.82) is 0 Å². The molecule has 78 valence electrons. The lowest BCUT2D eigenvalue weighted by Crippen LogP contribution is -2.16. The number of nitrogens with zero attached hydrogens (tertiary/aromatic N) is 3. The van der Waals surface area contributed by atoms with Gasteiger partial charge in [-0.3, -0.25) is 0 Å². The first-order valence-corrected chi connectivity index (χ1v) is 5.16. The maximum atomic E-state index is 9.23. The van der Waals surface area contributed by atoms with Crippen LogP contribution in [0.3, 0.4) is 0 Å². The van der Waals surface area contributed by atoms with Crippen LogP contribution < -0.4 is 0 Å². The SMILES string of the molecule is CC(C)n1ncnc1CC1(CO)CC1. The number of hydrogen-bond donors (Lipinski definition) is 1. The van der Waals surface area contributed by atoms with Crippen LogP contribution in [0.4, 0.5) is 0 Å². The standard InChI is InChI=1S/C10H17N3O/c1-8(2)13-9(11-7-12-13)5-10(6-14)3-4-10/h7-8,14H,3-6H2,1-2H3. The fourth-order valence-electron chi connectivity index (χ4n) is 1.73. The van der Waals surface area contributed by atoms with Crippen molar-refractivity contribution >= 4 is 0 Å². The fraction of sp³-hybridized carbons (Fsp3) is 0.800. The van der Waals surface area contributed by atoms with Gasteiger partial charge in [-0.25, -0.2) is 9.67 Å². The number of aliphatic hydroxyl groups is 1. The van der Waals surface area contributed by atoms with Crippen LogP contribution in [0.1, 0.15) is 38.6 Å². The summed E-state index contributed by atoms with van der Waals surface area (Å²) in [6.45, 7) is 4.46. The summed E-state index contributed by atoms with van der Waals surface area (Å²) in [5, 5.41) is 13.4. The molecule has 0 aliphatic heterocycles. The highest BCUT2D eigenvalue weighted by atomic mass is 16.3. The van der Waals surface area contributed by atoms with E-state index in [1.54, 1.807) is 6.33 Å². The molecule has 0 radical (unpaired) electrons. The van der Waals surface area contributed by atoms with Gasteiger partial charge in [-0.05, 0) is 26.7 Å². The molecule has 0 bridgehead atoms. The van der Waals surface area contributed by atoms with Gasteiger partial charge in [0.1, 0.15) is 12.2 Å². The van der Waals surface area contributed by atoms with Crippen molar-refractivity contribution in [1.82, 2.24) is 14.8 Å². The van der Waals surface area contributed by atoms with Gasteiger partial charge in [0.2, 0.25) is 0 Å². The summed E-state index contributed by atoms with van der Waals surface area (Å²) in [6.07, 6.45) is 4.70. The molecule has 0 atom stereocenters. The molecule has 1 aliphatic carbocycles. The third-order valence-corrected chi connectivity index (χ3v) is 2.96. The van der Waals surface area contributed by atoms with Crippen LogP contribution in [-0.2, 0) is 6.42 Å². The van der Waals surface area contributed by atoms with Crippen LogP contribution >= 0.6 is 0 Å². The normalized spacial score (nSPS) is 18.9. The van der Waals surface area contributed by atoms with Gasteiger partial charge in [0.15, 0.2) is 0 Å². The molecule has 1 aromatic rings. The minimum atomic E-state index is 0.125. The first-order valence-electron chi connectivity index (χ1n) is 5.16. The summed E-state index contributed by atoms with van der Waals surface area (Å²) in [4.78, 5) is 4.25. The smallest absolute Gasteiger partial charge is 0.138 e. The summed E-state index contributed by atoms with van der Waals surface area (Å²) in [5.41, 5.74) is 0.125. The molecule has 0 saturated heterocycles. The van der Waals surface area contributed by atoms with Crippen molar-refractivity contribution in [2.45, 2.75) is 39.2 Å². The molecule has 0 amide bonds. The molecule has 1 N–H and O–H groups in total. The molecule has 0 spiro atoms. The minimum absolute atomic E-state index is 0.125. The van der Waals surface area contributed by atoms with Crippen LogP contribution in [0.15, 0.2) is 6.33 Å². The van der Waals surface area contributed by atoms with E-state index in [1.807, 2.05) is 4.68 Å². The maximum absolute atomic E-state index is 9.23. The minimum Gasteiger partial charge on any atom is -0.396 e. The van der Waals surface area contributed by atoms with E-state index in [2.05, 4.69) is 23.9 Å². The van der Waals surface area contributed by atoms with Gasteiger partial charge >= 0.3 is 0 Å². The molecular formula is C10H17N3O. The quantitative estimate of drug-likeness (QED) is 0.784. The van der Waals surface area contributed by atoms with Crippen molar-refractivity contribution in [3.8, 4) is 0 Å². The van der Waals surface area contributed by atoms with Crippen molar-refractivity contribution in [3.63, 3.8) is 0 Å². The highest BCUT2D eigenvalue weighted by Gasteiger charge is 2.43. The van der Waals surface area contributed by atoms with Gasteiger partial charge in [-0.2, -0.15) is 5.10 Å². The molecule has 14 heavy (non-hydrogen) atoms. The monoisotopic (exact) mass is 195 g/mol. The Balaban J connectivity index is 2.12. The Labute approximate surface area is 84.0 Å². The van der Waals surface area contributed by atoms with Crippen molar-refractivity contribution in [2.75, 3.05) is 6.61 Å². The Kier molecular flexibility index (Phi) is 2.31. The predicted octanol–water partition coefficient (Wildman–Crippen LogP) is 1.17. The summed E-state index contributed by atoms with van der Waals surface area (Å²) in [7, 11) is 0. The zero-order valence-corrected chi connectivity index (χ0v) is 8.77. The molecule has 1 aliphatic rings. The largest absolute Gasteiger partial charge is 0.396 e. The van der Waals surface area contributed by atoms with Crippen molar-refractivity contribution < 1.29 is 5.11 Å². The summed E-state index contributed by atoms with van der Waals surface area (Å²) in [5.74, 6) is 1.01. The molecule has 4 nitrogen and oxygen atoms in total. The lowest BCUT2D eigenvalue weighted by Gasteiger charge is -2.13. The van der Waals surface area contributed by atoms with E-state index in [-0.39, 0.29) is 12.0 Å². The molecule has 1 aromatic heterocycles. The lowest BCUT2D eigenvalue weighted by molar-refractivity contribution is 0.207. The van der Waals surface area contributed by atoms with Crippen LogP contribution in [0.2, 0.25) is 0 Å². The highest BCUT2D eigenvalue weighted by Crippen LogP contribution is 2.47. The first kappa shape index (κ1) is 9.65. The van der Waals surface area contributed by atoms with Gasteiger partial charge in [-0.1, -0.05) is 0 Å². The Bertz CT molecular complexity index is 315. The van der Waals surface area contributed by atoms with E-state index < -0.39 is 0 Å².